The minimum Gasteiger partial charge on any atom is -0.421 e. The van der Waals surface area contributed by atoms with Gasteiger partial charge >= 0.3 is 0 Å². The quantitative estimate of drug-likeness (QED) is 0.707. The molecule has 0 aliphatic rings. The minimum atomic E-state index is -0.0834. The van der Waals surface area contributed by atoms with E-state index in [1.165, 1.54) is 0 Å². The maximum Gasteiger partial charge on any atom is 0.247 e. The maximum absolute atomic E-state index is 12.1. The first kappa shape index (κ1) is 16.4. The van der Waals surface area contributed by atoms with Gasteiger partial charge < -0.3 is 9.73 Å². The summed E-state index contributed by atoms with van der Waals surface area (Å²) in [5.41, 5.74) is 2.67. The van der Waals surface area contributed by atoms with Gasteiger partial charge in [0.25, 0.3) is 0 Å². The van der Waals surface area contributed by atoms with Gasteiger partial charge in [-0.05, 0) is 42.8 Å². The van der Waals surface area contributed by atoms with Gasteiger partial charge in [0, 0.05) is 28.6 Å². The molecular formula is C18H16BrN3O2. The third kappa shape index (κ3) is 4.08. The van der Waals surface area contributed by atoms with Crippen molar-refractivity contribution in [2.45, 2.75) is 19.8 Å². The third-order valence-corrected chi connectivity index (χ3v) is 4.01. The van der Waals surface area contributed by atoms with E-state index in [2.05, 4.69) is 31.4 Å². The number of amides is 1. The summed E-state index contributed by atoms with van der Waals surface area (Å²) in [7, 11) is 0. The molecule has 0 spiro atoms. The molecule has 0 saturated carbocycles. The third-order valence-electron chi connectivity index (χ3n) is 3.52. The zero-order chi connectivity index (χ0) is 16.9. The Morgan fingerprint density at radius 3 is 2.71 bits per heavy atom. The number of carbonyl (C=O) groups excluding carboxylic acids is 1. The predicted octanol–water partition coefficient (Wildman–Crippen LogP) is 4.38. The Balaban J connectivity index is 1.58. The molecule has 3 aromatic rings. The van der Waals surface area contributed by atoms with Crippen molar-refractivity contribution in [3.63, 3.8) is 0 Å². The first-order valence-electron chi connectivity index (χ1n) is 7.55. The predicted molar refractivity (Wildman–Crippen MR) is 95.6 cm³/mol. The molecule has 3 rings (SSSR count). The second kappa shape index (κ2) is 7.40. The van der Waals surface area contributed by atoms with Crippen LogP contribution in [0.4, 0.5) is 5.69 Å². The lowest BCUT2D eigenvalue weighted by atomic mass is 10.2. The Kier molecular flexibility index (Phi) is 5.05. The molecule has 0 radical (unpaired) electrons. The van der Waals surface area contributed by atoms with E-state index < -0.39 is 0 Å². The number of aromatic nitrogens is 2. The summed E-state index contributed by atoms with van der Waals surface area (Å²) < 4.78 is 6.58. The van der Waals surface area contributed by atoms with E-state index in [0.29, 0.717) is 18.2 Å². The first-order chi connectivity index (χ1) is 11.6. The summed E-state index contributed by atoms with van der Waals surface area (Å²) in [6.07, 6.45) is 0.688. The topological polar surface area (TPSA) is 68.0 Å². The molecule has 0 bridgehead atoms. The standard InChI is InChI=1S/C18H16BrN3O2/c1-12-11-14(19)7-8-15(12)20-16(23)9-10-17-21-22-18(24-17)13-5-3-2-4-6-13/h2-8,11H,9-10H2,1H3,(H,20,23). The van der Waals surface area contributed by atoms with Crippen LogP contribution in [0.5, 0.6) is 0 Å². The molecule has 0 fully saturated rings. The zero-order valence-electron chi connectivity index (χ0n) is 13.1. The first-order valence-corrected chi connectivity index (χ1v) is 8.35. The van der Waals surface area contributed by atoms with E-state index in [1.54, 1.807) is 0 Å². The van der Waals surface area contributed by atoms with Gasteiger partial charge in [0.15, 0.2) is 0 Å². The Bertz CT molecular complexity index is 846. The number of nitrogens with zero attached hydrogens (tertiary/aromatic N) is 2. The van der Waals surface area contributed by atoms with E-state index in [9.17, 15) is 4.79 Å². The molecule has 6 heteroatoms. The van der Waals surface area contributed by atoms with Gasteiger partial charge in [-0.25, -0.2) is 0 Å². The maximum atomic E-state index is 12.1. The molecule has 1 amide bonds. The van der Waals surface area contributed by atoms with Crippen LogP contribution < -0.4 is 5.32 Å². The van der Waals surface area contributed by atoms with Crippen molar-refractivity contribution in [2.24, 2.45) is 0 Å². The zero-order valence-corrected chi connectivity index (χ0v) is 14.7. The fourth-order valence-corrected chi connectivity index (χ4v) is 2.73. The van der Waals surface area contributed by atoms with Gasteiger partial charge in [-0.1, -0.05) is 34.1 Å². The smallest absolute Gasteiger partial charge is 0.247 e. The van der Waals surface area contributed by atoms with Crippen molar-refractivity contribution in [2.75, 3.05) is 5.32 Å². The number of nitrogens with one attached hydrogen (secondary N) is 1. The van der Waals surface area contributed by atoms with Crippen LogP contribution in [-0.4, -0.2) is 16.1 Å². The van der Waals surface area contributed by atoms with E-state index >= 15 is 0 Å². The summed E-state index contributed by atoms with van der Waals surface area (Å²) in [5, 5.41) is 10.9. The fourth-order valence-electron chi connectivity index (χ4n) is 2.25. The average molecular weight is 386 g/mol. The number of carbonyl (C=O) groups is 1. The fraction of sp³-hybridized carbons (Fsp3) is 0.167. The Hall–Kier alpha value is -2.47. The SMILES string of the molecule is Cc1cc(Br)ccc1NC(=O)CCc1nnc(-c2ccccc2)o1. The number of benzene rings is 2. The lowest BCUT2D eigenvalue weighted by Gasteiger charge is -2.08. The molecule has 5 nitrogen and oxygen atoms in total. The molecule has 0 unspecified atom stereocenters. The van der Waals surface area contributed by atoms with E-state index in [-0.39, 0.29) is 12.3 Å². The van der Waals surface area contributed by atoms with Gasteiger partial charge in [0.2, 0.25) is 17.7 Å². The van der Waals surface area contributed by atoms with Crippen molar-refractivity contribution in [1.82, 2.24) is 10.2 Å². The molecule has 122 valence electrons. The van der Waals surface area contributed by atoms with Crippen LogP contribution >= 0.6 is 15.9 Å². The number of hydrogen-bond acceptors (Lipinski definition) is 4. The van der Waals surface area contributed by atoms with E-state index in [0.717, 1.165) is 21.3 Å². The van der Waals surface area contributed by atoms with Crippen LogP contribution in [0.25, 0.3) is 11.5 Å². The van der Waals surface area contributed by atoms with Gasteiger partial charge in [-0.15, -0.1) is 10.2 Å². The Labute approximate surface area is 148 Å². The number of anilines is 1. The highest BCUT2D eigenvalue weighted by atomic mass is 79.9. The average Bonchev–Trinajstić information content (AvgIpc) is 3.05. The van der Waals surface area contributed by atoms with Crippen LogP contribution in [0, 0.1) is 6.92 Å². The number of aryl methyl sites for hydroxylation is 2. The molecule has 0 saturated heterocycles. The molecule has 0 aliphatic carbocycles. The highest BCUT2D eigenvalue weighted by molar-refractivity contribution is 9.10. The highest BCUT2D eigenvalue weighted by Crippen LogP contribution is 2.21. The van der Waals surface area contributed by atoms with Crippen LogP contribution in [0.15, 0.2) is 57.4 Å². The normalized spacial score (nSPS) is 10.6. The second-order valence-corrected chi connectivity index (χ2v) is 6.29. The van der Waals surface area contributed by atoms with Crippen LogP contribution in [-0.2, 0) is 11.2 Å². The van der Waals surface area contributed by atoms with Crippen LogP contribution in [0.2, 0.25) is 0 Å². The Morgan fingerprint density at radius 2 is 1.96 bits per heavy atom. The van der Waals surface area contributed by atoms with E-state index in [4.69, 9.17) is 4.42 Å². The molecule has 1 N–H and O–H groups in total. The lowest BCUT2D eigenvalue weighted by molar-refractivity contribution is -0.116. The lowest BCUT2D eigenvalue weighted by Crippen LogP contribution is -2.13. The van der Waals surface area contributed by atoms with Gasteiger partial charge in [0.05, 0.1) is 0 Å². The molecular weight excluding hydrogens is 370 g/mol. The van der Waals surface area contributed by atoms with E-state index in [1.807, 2.05) is 55.5 Å². The Morgan fingerprint density at radius 1 is 1.17 bits per heavy atom. The van der Waals surface area contributed by atoms with Crippen LogP contribution in [0.1, 0.15) is 17.9 Å². The molecule has 1 heterocycles. The summed E-state index contributed by atoms with van der Waals surface area (Å²) in [6, 6.07) is 15.3. The number of rotatable bonds is 5. The van der Waals surface area contributed by atoms with Crippen LogP contribution in [0.3, 0.4) is 0 Å². The molecule has 0 atom stereocenters. The largest absolute Gasteiger partial charge is 0.421 e. The van der Waals surface area contributed by atoms with Gasteiger partial charge in [-0.3, -0.25) is 4.79 Å². The van der Waals surface area contributed by atoms with Gasteiger partial charge in [-0.2, -0.15) is 0 Å². The summed E-state index contributed by atoms with van der Waals surface area (Å²) >= 11 is 3.41. The number of hydrogen-bond donors (Lipinski definition) is 1. The summed E-state index contributed by atoms with van der Waals surface area (Å²) in [5.74, 6) is 0.839. The van der Waals surface area contributed by atoms with Crippen molar-refractivity contribution in [3.05, 3.63) is 64.5 Å². The molecule has 24 heavy (non-hydrogen) atoms. The summed E-state index contributed by atoms with van der Waals surface area (Å²) in [4.78, 5) is 12.1. The highest BCUT2D eigenvalue weighted by Gasteiger charge is 2.11. The monoisotopic (exact) mass is 385 g/mol. The van der Waals surface area contributed by atoms with Crippen molar-refractivity contribution in [1.29, 1.82) is 0 Å². The molecule has 1 aromatic heterocycles. The van der Waals surface area contributed by atoms with Gasteiger partial charge in [0.1, 0.15) is 0 Å². The number of halogens is 1. The molecule has 2 aromatic carbocycles. The van der Waals surface area contributed by atoms with Crippen molar-refractivity contribution >= 4 is 27.5 Å². The molecule has 0 aliphatic heterocycles. The van der Waals surface area contributed by atoms with Crippen molar-refractivity contribution < 1.29 is 9.21 Å². The second-order valence-electron chi connectivity index (χ2n) is 5.37. The summed E-state index contributed by atoms with van der Waals surface area (Å²) in [6.45, 7) is 1.95. The minimum absolute atomic E-state index is 0.0834. The van der Waals surface area contributed by atoms with Crippen molar-refractivity contribution in [3.8, 4) is 11.5 Å².